The molecule has 0 amide bonds. The van der Waals surface area contributed by atoms with Crippen molar-refractivity contribution in [2.75, 3.05) is 5.73 Å². The monoisotopic (exact) mass is 267 g/mol. The van der Waals surface area contributed by atoms with E-state index in [0.29, 0.717) is 18.0 Å². The van der Waals surface area contributed by atoms with E-state index < -0.39 is 0 Å². The van der Waals surface area contributed by atoms with Crippen molar-refractivity contribution >= 4 is 27.4 Å². The maximum absolute atomic E-state index is 11.8. The molecule has 0 spiro atoms. The summed E-state index contributed by atoms with van der Waals surface area (Å²) in [7, 11) is 0. The second kappa shape index (κ2) is 4.35. The van der Waals surface area contributed by atoms with E-state index in [1.165, 1.54) is 19.3 Å². The quantitative estimate of drug-likeness (QED) is 0.674. The summed E-state index contributed by atoms with van der Waals surface area (Å²) >= 11 is 3.33. The molecule has 15 heavy (non-hydrogen) atoms. The number of hydrogen-bond donors (Lipinski definition) is 1. The first-order chi connectivity index (χ1) is 7.16. The third kappa shape index (κ3) is 2.40. The zero-order valence-corrected chi connectivity index (χ0v) is 10.1. The van der Waals surface area contributed by atoms with Crippen molar-refractivity contribution in [3.63, 3.8) is 0 Å². The number of benzene rings is 1. The highest BCUT2D eigenvalue weighted by Crippen LogP contribution is 2.31. The van der Waals surface area contributed by atoms with Gasteiger partial charge in [0.05, 0.1) is 0 Å². The second-order valence-corrected chi connectivity index (χ2v) is 5.01. The highest BCUT2D eigenvalue weighted by atomic mass is 79.9. The third-order valence-electron chi connectivity index (χ3n) is 3.02. The average molecular weight is 268 g/mol. The van der Waals surface area contributed by atoms with Crippen molar-refractivity contribution in [2.45, 2.75) is 25.7 Å². The van der Waals surface area contributed by atoms with Crippen LogP contribution in [0.5, 0.6) is 0 Å². The predicted molar refractivity (Wildman–Crippen MR) is 64.8 cm³/mol. The van der Waals surface area contributed by atoms with E-state index in [1.54, 1.807) is 12.1 Å². The standard InChI is InChI=1S/C12H14BrNO/c13-10-7-9(4-5-11(10)14)12(15)6-8-2-1-3-8/h4-5,7-8H,1-3,6,14H2. The lowest BCUT2D eigenvalue weighted by Gasteiger charge is -2.24. The van der Waals surface area contributed by atoms with E-state index in [0.717, 1.165) is 10.0 Å². The normalized spacial score (nSPS) is 16.1. The van der Waals surface area contributed by atoms with E-state index in [4.69, 9.17) is 5.73 Å². The van der Waals surface area contributed by atoms with Crippen LogP contribution in [0.4, 0.5) is 5.69 Å². The Morgan fingerprint density at radius 2 is 2.20 bits per heavy atom. The molecule has 0 aromatic heterocycles. The van der Waals surface area contributed by atoms with Crippen molar-refractivity contribution in [2.24, 2.45) is 5.92 Å². The maximum Gasteiger partial charge on any atom is 0.163 e. The first-order valence-corrected chi connectivity index (χ1v) is 6.04. The second-order valence-electron chi connectivity index (χ2n) is 4.16. The number of carbonyl (C=O) groups is 1. The van der Waals surface area contributed by atoms with Crippen molar-refractivity contribution in [1.82, 2.24) is 0 Å². The zero-order chi connectivity index (χ0) is 10.8. The molecule has 1 fully saturated rings. The van der Waals surface area contributed by atoms with Gasteiger partial charge in [0.15, 0.2) is 5.78 Å². The smallest absolute Gasteiger partial charge is 0.163 e. The van der Waals surface area contributed by atoms with Crippen molar-refractivity contribution < 1.29 is 4.79 Å². The van der Waals surface area contributed by atoms with Crippen LogP contribution in [0.15, 0.2) is 22.7 Å². The Balaban J connectivity index is 2.07. The number of carbonyl (C=O) groups excluding carboxylic acids is 1. The van der Waals surface area contributed by atoms with Gasteiger partial charge in [0.25, 0.3) is 0 Å². The van der Waals surface area contributed by atoms with Gasteiger partial charge in [0, 0.05) is 22.1 Å². The fourth-order valence-electron chi connectivity index (χ4n) is 1.78. The zero-order valence-electron chi connectivity index (χ0n) is 8.50. The Morgan fingerprint density at radius 3 is 2.73 bits per heavy atom. The SMILES string of the molecule is Nc1ccc(C(=O)CC2CCC2)cc1Br. The van der Waals surface area contributed by atoms with Gasteiger partial charge in [-0.1, -0.05) is 19.3 Å². The predicted octanol–water partition coefficient (Wildman–Crippen LogP) is 3.40. The van der Waals surface area contributed by atoms with Crippen LogP contribution < -0.4 is 5.73 Å². The van der Waals surface area contributed by atoms with Crippen LogP contribution in [0.3, 0.4) is 0 Å². The highest BCUT2D eigenvalue weighted by Gasteiger charge is 2.21. The molecule has 2 nitrogen and oxygen atoms in total. The lowest BCUT2D eigenvalue weighted by Crippen LogP contribution is -2.15. The van der Waals surface area contributed by atoms with Crippen molar-refractivity contribution in [1.29, 1.82) is 0 Å². The molecule has 1 aliphatic rings. The lowest BCUT2D eigenvalue weighted by atomic mass is 9.81. The summed E-state index contributed by atoms with van der Waals surface area (Å²) < 4.78 is 0.807. The minimum Gasteiger partial charge on any atom is -0.398 e. The van der Waals surface area contributed by atoms with E-state index in [9.17, 15) is 4.79 Å². The summed E-state index contributed by atoms with van der Waals surface area (Å²) in [6.07, 6.45) is 4.39. The Kier molecular flexibility index (Phi) is 3.10. The molecule has 80 valence electrons. The lowest BCUT2D eigenvalue weighted by molar-refractivity contribution is 0.0936. The molecule has 1 saturated carbocycles. The molecule has 0 unspecified atom stereocenters. The average Bonchev–Trinajstić information content (AvgIpc) is 2.15. The van der Waals surface area contributed by atoms with E-state index in [-0.39, 0.29) is 5.78 Å². The van der Waals surface area contributed by atoms with Gasteiger partial charge < -0.3 is 5.73 Å². The van der Waals surface area contributed by atoms with Crippen molar-refractivity contribution in [3.05, 3.63) is 28.2 Å². The molecule has 1 aromatic rings. The fraction of sp³-hybridized carbons (Fsp3) is 0.417. The molecule has 1 aliphatic carbocycles. The van der Waals surface area contributed by atoms with Gasteiger partial charge in [-0.05, 0) is 40.0 Å². The minimum absolute atomic E-state index is 0.236. The molecule has 0 atom stereocenters. The number of rotatable bonds is 3. The minimum atomic E-state index is 0.236. The molecule has 2 rings (SSSR count). The largest absolute Gasteiger partial charge is 0.398 e. The summed E-state index contributed by atoms with van der Waals surface area (Å²) in [5, 5.41) is 0. The van der Waals surface area contributed by atoms with E-state index in [1.807, 2.05) is 6.07 Å². The number of ketones is 1. The number of nitrogen functional groups attached to an aromatic ring is 1. The number of anilines is 1. The molecular formula is C12H14BrNO. The molecule has 3 heteroatoms. The van der Waals surface area contributed by atoms with Gasteiger partial charge in [-0.3, -0.25) is 4.79 Å². The number of halogens is 1. The van der Waals surface area contributed by atoms with Crippen LogP contribution in [-0.4, -0.2) is 5.78 Å². The molecule has 0 bridgehead atoms. The summed E-state index contributed by atoms with van der Waals surface area (Å²) in [4.78, 5) is 11.8. The highest BCUT2D eigenvalue weighted by molar-refractivity contribution is 9.10. The first kappa shape index (κ1) is 10.7. The van der Waals surface area contributed by atoms with Gasteiger partial charge in [-0.15, -0.1) is 0 Å². The summed E-state index contributed by atoms with van der Waals surface area (Å²) in [6, 6.07) is 5.40. The van der Waals surface area contributed by atoms with Crippen LogP contribution in [0.1, 0.15) is 36.0 Å². The van der Waals surface area contributed by atoms with E-state index >= 15 is 0 Å². The third-order valence-corrected chi connectivity index (χ3v) is 3.71. The van der Waals surface area contributed by atoms with Gasteiger partial charge in [-0.2, -0.15) is 0 Å². The number of Topliss-reactive ketones (excluding diaryl/α,β-unsaturated/α-hetero) is 1. The fourth-order valence-corrected chi connectivity index (χ4v) is 2.16. The van der Waals surface area contributed by atoms with E-state index in [2.05, 4.69) is 15.9 Å². The van der Waals surface area contributed by atoms with Crippen LogP contribution in [0.2, 0.25) is 0 Å². The summed E-state index contributed by atoms with van der Waals surface area (Å²) in [6.45, 7) is 0. The van der Waals surface area contributed by atoms with Crippen LogP contribution in [0.25, 0.3) is 0 Å². The molecule has 0 saturated heterocycles. The Morgan fingerprint density at radius 1 is 1.47 bits per heavy atom. The number of nitrogens with two attached hydrogens (primary N) is 1. The van der Waals surface area contributed by atoms with Crippen LogP contribution >= 0.6 is 15.9 Å². The topological polar surface area (TPSA) is 43.1 Å². The van der Waals surface area contributed by atoms with Crippen LogP contribution in [-0.2, 0) is 0 Å². The molecule has 1 aromatic carbocycles. The maximum atomic E-state index is 11.8. The first-order valence-electron chi connectivity index (χ1n) is 5.25. The van der Waals surface area contributed by atoms with Gasteiger partial charge in [0.1, 0.15) is 0 Å². The molecular weight excluding hydrogens is 254 g/mol. The van der Waals surface area contributed by atoms with Gasteiger partial charge in [-0.25, -0.2) is 0 Å². The summed E-state index contributed by atoms with van der Waals surface area (Å²) in [5.74, 6) is 0.856. The molecule has 0 aliphatic heterocycles. The molecule has 2 N–H and O–H groups in total. The van der Waals surface area contributed by atoms with Gasteiger partial charge >= 0.3 is 0 Å². The van der Waals surface area contributed by atoms with Crippen LogP contribution in [0, 0.1) is 5.92 Å². The summed E-state index contributed by atoms with van der Waals surface area (Å²) in [5.41, 5.74) is 7.11. The Bertz CT molecular complexity index is 385. The number of hydrogen-bond acceptors (Lipinski definition) is 2. The molecule has 0 heterocycles. The van der Waals surface area contributed by atoms with Crippen molar-refractivity contribution in [3.8, 4) is 0 Å². The Hall–Kier alpha value is -0.830. The van der Waals surface area contributed by atoms with Gasteiger partial charge in [0.2, 0.25) is 0 Å². The molecule has 0 radical (unpaired) electrons. The Labute approximate surface area is 98.0 Å².